The lowest BCUT2D eigenvalue weighted by molar-refractivity contribution is 0.174. The van der Waals surface area contributed by atoms with Crippen molar-refractivity contribution in [3.8, 4) is 17.2 Å². The minimum atomic E-state index is -0.725. The topological polar surface area (TPSA) is 47.9 Å². The molecule has 0 saturated heterocycles. The Kier molecular flexibility index (Phi) is 2.44. The zero-order valence-electron chi connectivity index (χ0n) is 10.6. The second kappa shape index (κ2) is 4.28. The van der Waals surface area contributed by atoms with Gasteiger partial charge in [-0.3, -0.25) is 0 Å². The van der Waals surface area contributed by atoms with Gasteiger partial charge in [0.15, 0.2) is 11.5 Å². The molecule has 100 valence electrons. The second-order valence-corrected chi connectivity index (χ2v) is 4.70. The normalized spacial score (nSPS) is 20.9. The molecule has 4 heteroatoms. The van der Waals surface area contributed by atoms with Crippen LogP contribution in [0.2, 0.25) is 0 Å². The zero-order chi connectivity index (χ0) is 13.5. The molecule has 1 atom stereocenters. The van der Waals surface area contributed by atoms with Crippen molar-refractivity contribution in [2.24, 2.45) is 0 Å². The number of benzene rings is 2. The van der Waals surface area contributed by atoms with Gasteiger partial charge in [0.05, 0.1) is 0 Å². The lowest BCUT2D eigenvalue weighted by Crippen LogP contribution is -1.96. The Hall–Kier alpha value is -2.46. The van der Waals surface area contributed by atoms with Crippen LogP contribution in [0.4, 0.5) is 0 Å². The molecular weight excluding hydrogens is 256 g/mol. The molecule has 20 heavy (non-hydrogen) atoms. The maximum atomic E-state index is 10.2. The SMILES string of the molecule is O[C@@H]1/C(=C/c2ccc3c(c2)OCO3)Oc2ccccc21. The molecule has 4 rings (SSSR count). The summed E-state index contributed by atoms with van der Waals surface area (Å²) in [5.74, 6) is 2.67. The third-order valence-electron chi connectivity index (χ3n) is 3.42. The molecule has 4 nitrogen and oxygen atoms in total. The first-order valence-corrected chi connectivity index (χ1v) is 6.37. The van der Waals surface area contributed by atoms with E-state index in [4.69, 9.17) is 14.2 Å². The Morgan fingerprint density at radius 1 is 1.00 bits per heavy atom. The highest BCUT2D eigenvalue weighted by atomic mass is 16.7. The number of rotatable bonds is 1. The molecular formula is C16H12O4. The molecule has 2 aromatic rings. The molecule has 0 radical (unpaired) electrons. The first-order chi connectivity index (χ1) is 9.81. The van der Waals surface area contributed by atoms with Crippen LogP contribution in [0.15, 0.2) is 48.2 Å². The van der Waals surface area contributed by atoms with E-state index in [-0.39, 0.29) is 6.79 Å². The van der Waals surface area contributed by atoms with Gasteiger partial charge in [-0.25, -0.2) is 0 Å². The number of aliphatic hydroxyl groups excluding tert-OH is 1. The van der Waals surface area contributed by atoms with E-state index in [2.05, 4.69) is 0 Å². The largest absolute Gasteiger partial charge is 0.458 e. The van der Waals surface area contributed by atoms with Gasteiger partial charge in [-0.05, 0) is 29.8 Å². The number of fused-ring (bicyclic) bond motifs is 2. The van der Waals surface area contributed by atoms with Crippen LogP contribution in [0.25, 0.3) is 6.08 Å². The van der Waals surface area contributed by atoms with Gasteiger partial charge in [0, 0.05) is 5.56 Å². The quantitative estimate of drug-likeness (QED) is 0.864. The van der Waals surface area contributed by atoms with Crippen LogP contribution < -0.4 is 14.2 Å². The lowest BCUT2D eigenvalue weighted by atomic mass is 10.1. The first-order valence-electron chi connectivity index (χ1n) is 6.37. The van der Waals surface area contributed by atoms with E-state index in [1.54, 1.807) is 0 Å². The van der Waals surface area contributed by atoms with Crippen LogP contribution in [0.1, 0.15) is 17.2 Å². The summed E-state index contributed by atoms with van der Waals surface area (Å²) in [5, 5.41) is 10.2. The van der Waals surface area contributed by atoms with Crippen molar-refractivity contribution in [2.45, 2.75) is 6.10 Å². The summed E-state index contributed by atoms with van der Waals surface area (Å²) >= 11 is 0. The van der Waals surface area contributed by atoms with Crippen LogP contribution in [0, 0.1) is 0 Å². The summed E-state index contributed by atoms with van der Waals surface area (Å²) in [6.07, 6.45) is 1.09. The summed E-state index contributed by atoms with van der Waals surface area (Å²) in [6.45, 7) is 0.250. The molecule has 0 fully saturated rings. The fraction of sp³-hybridized carbons (Fsp3) is 0.125. The zero-order valence-corrected chi connectivity index (χ0v) is 10.6. The average Bonchev–Trinajstić information content (AvgIpc) is 3.05. The van der Waals surface area contributed by atoms with Crippen molar-refractivity contribution in [3.05, 3.63) is 59.4 Å². The Balaban J connectivity index is 1.69. The Morgan fingerprint density at radius 3 is 2.75 bits per heavy atom. The minimum absolute atomic E-state index is 0.250. The highest BCUT2D eigenvalue weighted by Gasteiger charge is 2.27. The Labute approximate surface area is 115 Å². The summed E-state index contributed by atoms with van der Waals surface area (Å²) in [5.41, 5.74) is 1.69. The standard InChI is InChI=1S/C16H12O4/c17-16-11-3-1-2-4-12(11)20-15(16)8-10-5-6-13-14(7-10)19-9-18-13/h1-8,16-17H,9H2/b15-8-/t16-/m0/s1. The van der Waals surface area contributed by atoms with Gasteiger partial charge >= 0.3 is 0 Å². The van der Waals surface area contributed by atoms with Gasteiger partial charge in [0.2, 0.25) is 6.79 Å². The van der Waals surface area contributed by atoms with Crippen LogP contribution >= 0.6 is 0 Å². The predicted octanol–water partition coefficient (Wildman–Crippen LogP) is 2.88. The van der Waals surface area contributed by atoms with Gasteiger partial charge in [-0.15, -0.1) is 0 Å². The lowest BCUT2D eigenvalue weighted by Gasteiger charge is -2.04. The van der Waals surface area contributed by atoms with Gasteiger partial charge < -0.3 is 19.3 Å². The fourth-order valence-corrected chi connectivity index (χ4v) is 2.41. The van der Waals surface area contributed by atoms with Crippen molar-refractivity contribution in [3.63, 3.8) is 0 Å². The number of hydrogen-bond acceptors (Lipinski definition) is 4. The predicted molar refractivity (Wildman–Crippen MR) is 72.6 cm³/mol. The number of ether oxygens (including phenoxy) is 3. The fourth-order valence-electron chi connectivity index (χ4n) is 2.41. The van der Waals surface area contributed by atoms with Gasteiger partial charge in [-0.2, -0.15) is 0 Å². The minimum Gasteiger partial charge on any atom is -0.458 e. The monoisotopic (exact) mass is 268 g/mol. The maximum absolute atomic E-state index is 10.2. The van der Waals surface area contributed by atoms with E-state index in [0.717, 1.165) is 16.9 Å². The number of hydrogen-bond donors (Lipinski definition) is 1. The summed E-state index contributed by atoms with van der Waals surface area (Å²) in [6, 6.07) is 13.1. The molecule has 0 aliphatic carbocycles. The summed E-state index contributed by atoms with van der Waals surface area (Å²) in [7, 11) is 0. The molecule has 2 aromatic carbocycles. The Bertz CT molecular complexity index is 705. The van der Waals surface area contributed by atoms with E-state index >= 15 is 0 Å². The van der Waals surface area contributed by atoms with Crippen molar-refractivity contribution in [2.75, 3.05) is 6.79 Å². The molecule has 1 N–H and O–H groups in total. The van der Waals surface area contributed by atoms with Crippen molar-refractivity contribution >= 4 is 6.08 Å². The molecule has 0 amide bonds. The molecule has 2 heterocycles. The highest BCUT2D eigenvalue weighted by molar-refractivity contribution is 5.61. The van der Waals surface area contributed by atoms with E-state index in [0.29, 0.717) is 17.3 Å². The third kappa shape index (κ3) is 1.73. The molecule has 0 spiro atoms. The van der Waals surface area contributed by atoms with Crippen molar-refractivity contribution < 1.29 is 19.3 Å². The maximum Gasteiger partial charge on any atom is 0.231 e. The second-order valence-electron chi connectivity index (χ2n) is 4.70. The smallest absolute Gasteiger partial charge is 0.231 e. The summed E-state index contributed by atoms with van der Waals surface area (Å²) in [4.78, 5) is 0. The van der Waals surface area contributed by atoms with Crippen molar-refractivity contribution in [1.82, 2.24) is 0 Å². The molecule has 2 aliphatic rings. The summed E-state index contributed by atoms with van der Waals surface area (Å²) < 4.78 is 16.3. The molecule has 0 bridgehead atoms. The molecule has 2 aliphatic heterocycles. The Morgan fingerprint density at radius 2 is 1.85 bits per heavy atom. The van der Waals surface area contributed by atoms with Gasteiger partial charge in [0.25, 0.3) is 0 Å². The van der Waals surface area contributed by atoms with Gasteiger partial charge in [0.1, 0.15) is 17.6 Å². The van der Waals surface area contributed by atoms with E-state index in [1.165, 1.54) is 0 Å². The van der Waals surface area contributed by atoms with E-state index in [1.807, 2.05) is 48.5 Å². The third-order valence-corrected chi connectivity index (χ3v) is 3.42. The van der Waals surface area contributed by atoms with Gasteiger partial charge in [-0.1, -0.05) is 24.3 Å². The van der Waals surface area contributed by atoms with Crippen LogP contribution in [-0.4, -0.2) is 11.9 Å². The highest BCUT2D eigenvalue weighted by Crippen LogP contribution is 2.40. The number of aliphatic hydroxyl groups is 1. The molecule has 0 unspecified atom stereocenters. The van der Waals surface area contributed by atoms with Crippen LogP contribution in [-0.2, 0) is 0 Å². The molecule has 0 saturated carbocycles. The average molecular weight is 268 g/mol. The van der Waals surface area contributed by atoms with E-state index < -0.39 is 6.10 Å². The molecule has 0 aromatic heterocycles. The van der Waals surface area contributed by atoms with Crippen LogP contribution in [0.3, 0.4) is 0 Å². The first kappa shape index (κ1) is 11.4. The van der Waals surface area contributed by atoms with Crippen LogP contribution in [0.5, 0.6) is 17.2 Å². The van der Waals surface area contributed by atoms with E-state index in [9.17, 15) is 5.11 Å². The van der Waals surface area contributed by atoms with Crippen molar-refractivity contribution in [1.29, 1.82) is 0 Å². The number of para-hydroxylation sites is 1.